The predicted molar refractivity (Wildman–Crippen MR) is 109 cm³/mol. The number of benzene rings is 2. The van der Waals surface area contributed by atoms with Gasteiger partial charge in [-0.05, 0) is 47.6 Å². The fourth-order valence-corrected chi connectivity index (χ4v) is 3.52. The van der Waals surface area contributed by atoms with Gasteiger partial charge in [0.1, 0.15) is 17.9 Å². The third kappa shape index (κ3) is 6.96. The lowest BCUT2D eigenvalue weighted by Crippen LogP contribution is -2.14. The lowest BCUT2D eigenvalue weighted by atomic mass is 10.2. The number of rotatable bonds is 10. The Balaban J connectivity index is 2.12. The number of carbonyl (C=O) groups excluding carboxylic acids is 3. The minimum atomic E-state index is -1.44. The number of esters is 3. The average molecular weight is 465 g/mol. The average Bonchev–Trinajstić information content (AvgIpc) is 2.76. The minimum Gasteiger partial charge on any atom is -0.611 e. The molecule has 0 bridgehead atoms. The van der Waals surface area contributed by atoms with Crippen LogP contribution in [0.1, 0.15) is 34.1 Å². The van der Waals surface area contributed by atoms with Crippen molar-refractivity contribution in [1.82, 2.24) is 0 Å². The van der Waals surface area contributed by atoms with Gasteiger partial charge in [0.05, 0.1) is 12.7 Å². The van der Waals surface area contributed by atoms with Gasteiger partial charge in [-0.15, -0.1) is 10.1 Å². The summed E-state index contributed by atoms with van der Waals surface area (Å²) in [6.45, 7) is 0.959. The molecule has 1 atom stereocenters. The van der Waals surface area contributed by atoms with E-state index in [4.69, 9.17) is 9.47 Å². The summed E-state index contributed by atoms with van der Waals surface area (Å²) in [5, 5.41) is 9.18. The van der Waals surface area contributed by atoms with Crippen LogP contribution in [0.3, 0.4) is 0 Å². The highest BCUT2D eigenvalue weighted by molar-refractivity contribution is 7.91. The van der Waals surface area contributed by atoms with Crippen molar-refractivity contribution in [3.8, 4) is 11.5 Å². The Labute approximate surface area is 185 Å². The highest BCUT2D eigenvalue weighted by atomic mass is 32.2. The summed E-state index contributed by atoms with van der Waals surface area (Å²) in [6.07, 6.45) is 0.215. The summed E-state index contributed by atoms with van der Waals surface area (Å²) in [6, 6.07) is 9.81. The summed E-state index contributed by atoms with van der Waals surface area (Å²) in [7, 11) is 1.15. The van der Waals surface area contributed by atoms with E-state index in [0.29, 0.717) is 4.90 Å². The van der Waals surface area contributed by atoms with Gasteiger partial charge < -0.3 is 23.6 Å². The van der Waals surface area contributed by atoms with Gasteiger partial charge >= 0.3 is 17.9 Å². The standard InChI is InChI=1S/C20H19NO10S/c1-13(22)30-18-16(20(24)28-2)5-3-6-17(18)31-19(23)14-7-9-15(10-8-14)32(27)12-4-11-29-21(25)26/h3,5-10H,4,11-12H2,1-2H3. The Bertz CT molecular complexity index is 992. The highest BCUT2D eigenvalue weighted by Crippen LogP contribution is 2.32. The molecule has 0 aliphatic carbocycles. The van der Waals surface area contributed by atoms with Crippen LogP contribution in [0.25, 0.3) is 0 Å². The number of methoxy groups -OCH3 is 1. The number of hydrogen-bond donors (Lipinski definition) is 0. The highest BCUT2D eigenvalue weighted by Gasteiger charge is 2.22. The van der Waals surface area contributed by atoms with Crippen LogP contribution in [-0.2, 0) is 25.5 Å². The van der Waals surface area contributed by atoms with Gasteiger partial charge in [0.15, 0.2) is 16.4 Å². The first-order valence-electron chi connectivity index (χ1n) is 9.10. The first-order chi connectivity index (χ1) is 15.2. The molecule has 11 nitrogen and oxygen atoms in total. The molecule has 0 saturated heterocycles. The third-order valence-electron chi connectivity index (χ3n) is 3.86. The van der Waals surface area contributed by atoms with Crippen molar-refractivity contribution in [1.29, 1.82) is 0 Å². The number of para-hydroxylation sites is 1. The van der Waals surface area contributed by atoms with Crippen LogP contribution in [-0.4, -0.2) is 47.0 Å². The second-order valence-electron chi connectivity index (χ2n) is 6.09. The maximum absolute atomic E-state index is 12.5. The van der Waals surface area contributed by atoms with Gasteiger partial charge in [0.25, 0.3) is 5.09 Å². The van der Waals surface area contributed by atoms with Crippen molar-refractivity contribution in [3.63, 3.8) is 0 Å². The molecule has 0 spiro atoms. The molecular weight excluding hydrogens is 446 g/mol. The van der Waals surface area contributed by atoms with Gasteiger partial charge in [0.2, 0.25) is 0 Å². The Kier molecular flexibility index (Phi) is 8.98. The number of hydrogen-bond acceptors (Lipinski definition) is 10. The molecule has 0 N–H and O–H groups in total. The Morgan fingerprint density at radius 1 is 1.03 bits per heavy atom. The molecular formula is C20H19NO10S. The first-order valence-corrected chi connectivity index (χ1v) is 10.4. The maximum atomic E-state index is 12.5. The van der Waals surface area contributed by atoms with Crippen LogP contribution in [0.5, 0.6) is 11.5 Å². The van der Waals surface area contributed by atoms with Gasteiger partial charge in [-0.25, -0.2) is 9.59 Å². The molecule has 2 aromatic rings. The largest absolute Gasteiger partial charge is 0.611 e. The fourth-order valence-electron chi connectivity index (χ4n) is 2.46. The smallest absolute Gasteiger partial charge is 0.343 e. The SMILES string of the molecule is COC(=O)c1cccc(OC(=O)c2ccc([S+]([O-])CCCO[N+](=O)[O-])cc2)c1OC(C)=O. The van der Waals surface area contributed by atoms with E-state index in [1.807, 2.05) is 0 Å². The van der Waals surface area contributed by atoms with Gasteiger partial charge in [-0.1, -0.05) is 6.07 Å². The molecule has 2 aromatic carbocycles. The van der Waals surface area contributed by atoms with Crippen molar-refractivity contribution < 1.29 is 43.1 Å². The predicted octanol–water partition coefficient (Wildman–Crippen LogP) is 2.32. The quantitative estimate of drug-likeness (QED) is 0.127. The molecule has 12 heteroatoms. The monoisotopic (exact) mass is 465 g/mol. The zero-order valence-electron chi connectivity index (χ0n) is 17.1. The van der Waals surface area contributed by atoms with Crippen molar-refractivity contribution in [2.75, 3.05) is 19.5 Å². The lowest BCUT2D eigenvalue weighted by Gasteiger charge is -2.13. The Morgan fingerprint density at radius 2 is 1.72 bits per heavy atom. The molecule has 1 unspecified atom stereocenters. The molecule has 0 aromatic heterocycles. The molecule has 2 rings (SSSR count). The lowest BCUT2D eigenvalue weighted by molar-refractivity contribution is -0.757. The van der Waals surface area contributed by atoms with Crippen LogP contribution in [0.4, 0.5) is 0 Å². The van der Waals surface area contributed by atoms with Gasteiger partial charge in [-0.3, -0.25) is 4.79 Å². The second-order valence-corrected chi connectivity index (χ2v) is 7.66. The summed E-state index contributed by atoms with van der Waals surface area (Å²) >= 11 is -1.44. The van der Waals surface area contributed by atoms with E-state index in [9.17, 15) is 29.1 Å². The molecule has 0 fully saturated rings. The first kappa shape index (κ1) is 24.6. The molecule has 170 valence electrons. The summed E-state index contributed by atoms with van der Waals surface area (Å²) in [5.41, 5.74) is 0.0134. The van der Waals surface area contributed by atoms with Crippen LogP contribution in [0, 0.1) is 10.1 Å². The van der Waals surface area contributed by atoms with E-state index >= 15 is 0 Å². The zero-order chi connectivity index (χ0) is 23.7. The Morgan fingerprint density at radius 3 is 2.31 bits per heavy atom. The zero-order valence-corrected chi connectivity index (χ0v) is 17.9. The number of carbonyl (C=O) groups is 3. The molecule has 0 aliphatic heterocycles. The third-order valence-corrected chi connectivity index (χ3v) is 5.31. The van der Waals surface area contributed by atoms with Crippen molar-refractivity contribution in [3.05, 3.63) is 63.7 Å². The van der Waals surface area contributed by atoms with Crippen molar-refractivity contribution in [2.45, 2.75) is 18.2 Å². The summed E-state index contributed by atoms with van der Waals surface area (Å²) in [4.78, 5) is 50.6. The molecule has 0 radical (unpaired) electrons. The Hall–Kier alpha value is -3.64. The summed E-state index contributed by atoms with van der Waals surface area (Å²) < 4.78 is 27.2. The normalized spacial score (nSPS) is 11.2. The topological polar surface area (TPSA) is 154 Å². The number of ether oxygens (including phenoxy) is 3. The second kappa shape index (κ2) is 11.7. The van der Waals surface area contributed by atoms with Gasteiger partial charge in [0, 0.05) is 13.3 Å². The molecule has 0 amide bonds. The maximum Gasteiger partial charge on any atom is 0.343 e. The van der Waals surface area contributed by atoms with Crippen molar-refractivity contribution >= 4 is 29.1 Å². The van der Waals surface area contributed by atoms with E-state index in [1.165, 1.54) is 42.5 Å². The van der Waals surface area contributed by atoms with E-state index in [-0.39, 0.29) is 41.4 Å². The molecule has 0 saturated carbocycles. The fraction of sp³-hybridized carbons (Fsp3) is 0.250. The van der Waals surface area contributed by atoms with Crippen LogP contribution in [0.15, 0.2) is 47.4 Å². The van der Waals surface area contributed by atoms with Gasteiger partial charge in [-0.2, -0.15) is 0 Å². The minimum absolute atomic E-state index is 0.0974. The summed E-state index contributed by atoms with van der Waals surface area (Å²) in [5.74, 6) is -2.59. The molecule has 0 aliphatic rings. The van der Waals surface area contributed by atoms with E-state index in [1.54, 1.807) is 0 Å². The van der Waals surface area contributed by atoms with Crippen LogP contribution >= 0.6 is 0 Å². The molecule has 0 heterocycles. The van der Waals surface area contributed by atoms with E-state index < -0.39 is 34.2 Å². The number of nitrogens with zero attached hydrogens (tertiary/aromatic N) is 1. The molecule has 32 heavy (non-hydrogen) atoms. The van der Waals surface area contributed by atoms with Crippen LogP contribution < -0.4 is 9.47 Å². The van der Waals surface area contributed by atoms with E-state index in [2.05, 4.69) is 9.57 Å². The van der Waals surface area contributed by atoms with E-state index in [0.717, 1.165) is 14.0 Å². The van der Waals surface area contributed by atoms with Crippen molar-refractivity contribution in [2.24, 2.45) is 0 Å². The van der Waals surface area contributed by atoms with Crippen LogP contribution in [0.2, 0.25) is 0 Å².